The van der Waals surface area contributed by atoms with E-state index in [2.05, 4.69) is 5.10 Å². The van der Waals surface area contributed by atoms with Gasteiger partial charge in [-0.3, -0.25) is 9.48 Å². The first kappa shape index (κ1) is 19.5. The monoisotopic (exact) mass is 418 g/mol. The molecule has 10 heteroatoms. The molecule has 144 valence electrons. The van der Waals surface area contributed by atoms with Gasteiger partial charge in [0.1, 0.15) is 12.4 Å². The number of hydrogen-bond donors (Lipinski definition) is 1. The van der Waals surface area contributed by atoms with Gasteiger partial charge in [0.2, 0.25) is 0 Å². The Morgan fingerprint density at radius 1 is 1.41 bits per heavy atom. The lowest BCUT2D eigenvalue weighted by Gasteiger charge is -2.09. The number of benzene rings is 1. The van der Waals surface area contributed by atoms with Gasteiger partial charge in [-0.25, -0.2) is 0 Å². The maximum atomic E-state index is 12.7. The van der Waals surface area contributed by atoms with E-state index in [4.69, 9.17) is 16.3 Å². The topological polar surface area (TPSA) is 64.3 Å². The van der Waals surface area contributed by atoms with Gasteiger partial charge in [0.05, 0.1) is 16.6 Å². The minimum absolute atomic E-state index is 0.120. The first-order valence-corrected chi connectivity index (χ1v) is 9.00. The van der Waals surface area contributed by atoms with Crippen LogP contribution in [0.3, 0.4) is 0 Å². The summed E-state index contributed by atoms with van der Waals surface area (Å²) in [5.41, 5.74) is -0.118. The fraction of sp³-hybridized carbons (Fsp3) is 0.294. The third-order valence-electron chi connectivity index (χ3n) is 4.12. The Labute approximate surface area is 160 Å². The summed E-state index contributed by atoms with van der Waals surface area (Å²) in [5, 5.41) is 15.3. The van der Waals surface area contributed by atoms with Crippen LogP contribution in [-0.2, 0) is 24.6 Å². The number of nitrogens with zero attached hydrogens (tertiary/aromatic N) is 2. The average molecular weight is 419 g/mol. The number of aliphatic carboxylic acids is 1. The molecule has 0 saturated heterocycles. The van der Waals surface area contributed by atoms with Gasteiger partial charge < -0.3 is 9.84 Å². The number of halogens is 4. The highest BCUT2D eigenvalue weighted by Crippen LogP contribution is 2.39. The lowest BCUT2D eigenvalue weighted by atomic mass is 10.0. The molecule has 0 saturated carbocycles. The van der Waals surface area contributed by atoms with Crippen LogP contribution in [0.5, 0.6) is 5.75 Å². The molecule has 1 aromatic carbocycles. The molecule has 1 unspecified atom stereocenters. The maximum absolute atomic E-state index is 12.7. The standard InChI is InChI=1S/C17H14ClF3N2O3S/c1-8(16(24)25)11-7-27-13-5-10(4-12(18)15(11)13)26-6-9-3-14(17(19,20)21)22-23(9)2/h3-5,7-8H,6H2,1-2H3,(H,24,25). The van der Waals surface area contributed by atoms with E-state index in [1.54, 1.807) is 18.4 Å². The molecule has 3 aromatic rings. The number of carboxylic acids is 1. The third-order valence-corrected chi connectivity index (χ3v) is 5.37. The van der Waals surface area contributed by atoms with Crippen LogP contribution in [0.4, 0.5) is 13.2 Å². The highest BCUT2D eigenvalue weighted by molar-refractivity contribution is 7.17. The van der Waals surface area contributed by atoms with Crippen LogP contribution in [0, 0.1) is 0 Å². The minimum Gasteiger partial charge on any atom is -0.487 e. The van der Waals surface area contributed by atoms with Crippen molar-refractivity contribution < 1.29 is 27.8 Å². The molecule has 1 N–H and O–H groups in total. The van der Waals surface area contributed by atoms with Gasteiger partial charge in [-0.2, -0.15) is 18.3 Å². The van der Waals surface area contributed by atoms with E-state index in [1.807, 2.05) is 0 Å². The Hall–Kier alpha value is -2.26. The number of thiophene rings is 1. The lowest BCUT2D eigenvalue weighted by molar-refractivity contribution is -0.141. The predicted molar refractivity (Wildman–Crippen MR) is 95.4 cm³/mol. The molecule has 0 radical (unpaired) electrons. The van der Waals surface area contributed by atoms with E-state index in [0.29, 0.717) is 21.7 Å². The zero-order valence-corrected chi connectivity index (χ0v) is 15.7. The van der Waals surface area contributed by atoms with E-state index >= 15 is 0 Å². The van der Waals surface area contributed by atoms with Gasteiger partial charge in [-0.15, -0.1) is 11.3 Å². The summed E-state index contributed by atoms with van der Waals surface area (Å²) >= 11 is 7.63. The number of carboxylic acid groups (broad SMARTS) is 1. The van der Waals surface area contributed by atoms with Gasteiger partial charge in [-0.1, -0.05) is 11.6 Å². The van der Waals surface area contributed by atoms with E-state index < -0.39 is 23.8 Å². The van der Waals surface area contributed by atoms with Crippen molar-refractivity contribution in [3.63, 3.8) is 0 Å². The zero-order valence-electron chi connectivity index (χ0n) is 14.2. The molecule has 2 heterocycles. The van der Waals surface area contributed by atoms with Crippen LogP contribution in [0.1, 0.15) is 29.8 Å². The number of aryl methyl sites for hydroxylation is 1. The number of alkyl halides is 3. The normalized spacial score (nSPS) is 13.1. The second-order valence-corrected chi connectivity index (χ2v) is 7.28. The molecular formula is C17H14ClF3N2O3S. The molecule has 5 nitrogen and oxygen atoms in total. The summed E-state index contributed by atoms with van der Waals surface area (Å²) in [6.07, 6.45) is -4.52. The van der Waals surface area contributed by atoms with Crippen LogP contribution in [-0.4, -0.2) is 20.9 Å². The van der Waals surface area contributed by atoms with Crippen LogP contribution < -0.4 is 4.74 Å². The number of hydrogen-bond acceptors (Lipinski definition) is 4. The maximum Gasteiger partial charge on any atom is 0.435 e. The van der Waals surface area contributed by atoms with Crippen molar-refractivity contribution in [3.8, 4) is 5.75 Å². The third kappa shape index (κ3) is 3.89. The molecule has 0 aliphatic carbocycles. The van der Waals surface area contributed by atoms with Crippen LogP contribution >= 0.6 is 22.9 Å². The number of ether oxygens (including phenoxy) is 1. The van der Waals surface area contributed by atoms with Gasteiger partial charge in [-0.05, 0) is 36.1 Å². The summed E-state index contributed by atoms with van der Waals surface area (Å²) in [6, 6.07) is 4.14. The molecule has 0 bridgehead atoms. The van der Waals surface area contributed by atoms with E-state index in [9.17, 15) is 23.1 Å². The number of fused-ring (bicyclic) bond motifs is 1. The molecule has 2 aromatic heterocycles. The summed E-state index contributed by atoms with van der Waals surface area (Å²) in [6.45, 7) is 1.45. The molecular weight excluding hydrogens is 405 g/mol. The van der Waals surface area contributed by atoms with Crippen molar-refractivity contribution in [2.45, 2.75) is 25.6 Å². The van der Waals surface area contributed by atoms with E-state index in [0.717, 1.165) is 15.4 Å². The SMILES string of the molecule is CC(C(=O)O)c1csc2cc(OCc3cc(C(F)(F)F)nn3C)cc(Cl)c12. The molecule has 1 atom stereocenters. The van der Waals surface area contributed by atoms with Crippen LogP contribution in [0.15, 0.2) is 23.6 Å². The second-order valence-electron chi connectivity index (χ2n) is 5.96. The number of carbonyl (C=O) groups is 1. The minimum atomic E-state index is -4.52. The smallest absolute Gasteiger partial charge is 0.435 e. The Kier molecular flexibility index (Phi) is 5.09. The summed E-state index contributed by atoms with van der Waals surface area (Å²) < 4.78 is 45.6. The molecule has 27 heavy (non-hydrogen) atoms. The number of aromatic nitrogens is 2. The predicted octanol–water partition coefficient (Wildman–Crippen LogP) is 5.07. The van der Waals surface area contributed by atoms with Crippen molar-refractivity contribution in [1.29, 1.82) is 0 Å². The van der Waals surface area contributed by atoms with Crippen molar-refractivity contribution in [2.75, 3.05) is 0 Å². The molecule has 0 aliphatic rings. The first-order valence-electron chi connectivity index (χ1n) is 7.74. The number of rotatable bonds is 5. The first-order chi connectivity index (χ1) is 12.6. The molecule has 0 amide bonds. The summed E-state index contributed by atoms with van der Waals surface area (Å²) in [5.74, 6) is -1.29. The van der Waals surface area contributed by atoms with Crippen LogP contribution in [0.25, 0.3) is 10.1 Å². The fourth-order valence-electron chi connectivity index (χ4n) is 2.59. The Morgan fingerprint density at radius 3 is 2.70 bits per heavy atom. The molecule has 0 spiro atoms. The molecule has 0 fully saturated rings. The van der Waals surface area contributed by atoms with E-state index in [-0.39, 0.29) is 12.3 Å². The summed E-state index contributed by atoms with van der Waals surface area (Å²) in [4.78, 5) is 11.2. The largest absolute Gasteiger partial charge is 0.487 e. The average Bonchev–Trinajstić information content (AvgIpc) is 3.15. The van der Waals surface area contributed by atoms with Crippen molar-refractivity contribution in [3.05, 3.63) is 45.6 Å². The van der Waals surface area contributed by atoms with Crippen molar-refractivity contribution >= 4 is 39.0 Å². The fourth-order valence-corrected chi connectivity index (χ4v) is 4.07. The molecule has 3 rings (SSSR count). The van der Waals surface area contributed by atoms with E-state index in [1.165, 1.54) is 24.5 Å². The summed E-state index contributed by atoms with van der Waals surface area (Å²) in [7, 11) is 1.41. The Morgan fingerprint density at radius 2 is 2.11 bits per heavy atom. The van der Waals surface area contributed by atoms with Crippen molar-refractivity contribution in [2.24, 2.45) is 7.05 Å². The lowest BCUT2D eigenvalue weighted by Crippen LogP contribution is -2.07. The zero-order chi connectivity index (χ0) is 19.9. The van der Waals surface area contributed by atoms with Crippen molar-refractivity contribution in [1.82, 2.24) is 9.78 Å². The highest BCUT2D eigenvalue weighted by atomic mass is 35.5. The molecule has 0 aliphatic heterocycles. The Bertz CT molecular complexity index is 1010. The highest BCUT2D eigenvalue weighted by Gasteiger charge is 2.34. The van der Waals surface area contributed by atoms with Gasteiger partial charge in [0.25, 0.3) is 0 Å². The second kappa shape index (κ2) is 7.05. The Balaban J connectivity index is 1.85. The van der Waals surface area contributed by atoms with Gasteiger partial charge in [0, 0.05) is 17.1 Å². The van der Waals surface area contributed by atoms with Gasteiger partial charge >= 0.3 is 12.1 Å². The quantitative estimate of drug-likeness (QED) is 0.628. The van der Waals surface area contributed by atoms with Gasteiger partial charge in [0.15, 0.2) is 5.69 Å². The van der Waals surface area contributed by atoms with Crippen LogP contribution in [0.2, 0.25) is 5.02 Å².